The van der Waals surface area contributed by atoms with Gasteiger partial charge in [-0.3, -0.25) is 9.59 Å². The van der Waals surface area contributed by atoms with Crippen LogP contribution in [-0.2, 0) is 4.74 Å². The van der Waals surface area contributed by atoms with Gasteiger partial charge in [0.25, 0.3) is 11.5 Å². The highest BCUT2D eigenvalue weighted by Crippen LogP contribution is 2.30. The molecule has 2 aliphatic carbocycles. The second-order valence-electron chi connectivity index (χ2n) is 8.35. The predicted molar refractivity (Wildman–Crippen MR) is 121 cm³/mol. The Morgan fingerprint density at radius 2 is 2.09 bits per heavy atom. The van der Waals surface area contributed by atoms with Gasteiger partial charge in [-0.05, 0) is 44.2 Å². The van der Waals surface area contributed by atoms with Gasteiger partial charge in [-0.25, -0.2) is 4.98 Å². The molecule has 0 unspecified atom stereocenters. The van der Waals surface area contributed by atoms with Crippen molar-refractivity contribution in [2.24, 2.45) is 0 Å². The Hall–Kier alpha value is -3.40. The number of anilines is 3. The van der Waals surface area contributed by atoms with Crippen LogP contribution in [0.3, 0.4) is 0 Å². The monoisotopic (exact) mass is 437 g/mol. The summed E-state index contributed by atoms with van der Waals surface area (Å²) >= 11 is 0. The van der Waals surface area contributed by atoms with Gasteiger partial charge < -0.3 is 25.3 Å². The average Bonchev–Trinajstić information content (AvgIpc) is 3.16. The first-order chi connectivity index (χ1) is 15.6. The Labute approximate surface area is 185 Å². The number of nitrogens with zero attached hydrogens (tertiary/aromatic N) is 4. The normalized spacial score (nSPS) is 20.4. The summed E-state index contributed by atoms with van der Waals surface area (Å²) in [6, 6.07) is 5.62. The summed E-state index contributed by atoms with van der Waals surface area (Å²) in [5.74, 6) is 0.856. The molecule has 2 atom stereocenters. The first-order valence-corrected chi connectivity index (χ1v) is 11.0. The minimum absolute atomic E-state index is 0.0122. The molecule has 2 saturated carbocycles. The van der Waals surface area contributed by atoms with Crippen molar-refractivity contribution in [3.8, 4) is 0 Å². The van der Waals surface area contributed by atoms with E-state index in [9.17, 15) is 9.59 Å². The molecule has 10 heteroatoms. The van der Waals surface area contributed by atoms with E-state index < -0.39 is 0 Å². The lowest BCUT2D eigenvalue weighted by Gasteiger charge is -2.35. The fraction of sp³-hybridized carbons (Fsp3) is 0.455. The number of amides is 1. The third kappa shape index (κ3) is 3.50. The smallest absolute Gasteiger partial charge is 0.274 e. The van der Waals surface area contributed by atoms with Crippen molar-refractivity contribution in [1.82, 2.24) is 24.5 Å². The maximum Gasteiger partial charge on any atom is 0.274 e. The lowest BCUT2D eigenvalue weighted by molar-refractivity contribution is 0.00732. The third-order valence-electron chi connectivity index (χ3n) is 6.51. The Morgan fingerprint density at radius 3 is 2.75 bits per heavy atom. The van der Waals surface area contributed by atoms with Crippen LogP contribution in [0.2, 0.25) is 0 Å². The molecule has 168 valence electrons. The van der Waals surface area contributed by atoms with Gasteiger partial charge in [0.1, 0.15) is 22.9 Å². The highest BCUT2D eigenvalue weighted by Gasteiger charge is 2.33. The molecule has 0 aromatic carbocycles. The molecule has 3 N–H and O–H groups in total. The van der Waals surface area contributed by atoms with Crippen LogP contribution in [0, 0.1) is 0 Å². The Morgan fingerprint density at radius 1 is 1.25 bits per heavy atom. The van der Waals surface area contributed by atoms with Gasteiger partial charge in [-0.15, -0.1) is 0 Å². The van der Waals surface area contributed by atoms with Crippen molar-refractivity contribution < 1.29 is 9.53 Å². The highest BCUT2D eigenvalue weighted by atomic mass is 16.5. The van der Waals surface area contributed by atoms with Crippen molar-refractivity contribution in [3.05, 3.63) is 46.5 Å². The number of methoxy groups -OCH3 is 1. The van der Waals surface area contributed by atoms with Crippen LogP contribution in [0.5, 0.6) is 0 Å². The number of hydrogen-bond acceptors (Lipinski definition) is 7. The number of hydrogen-bond donors (Lipinski definition) is 3. The number of rotatable bonds is 7. The minimum Gasteiger partial charge on any atom is -0.379 e. The molecule has 0 radical (unpaired) electrons. The molecule has 32 heavy (non-hydrogen) atoms. The molecular weight excluding hydrogens is 410 g/mol. The van der Waals surface area contributed by atoms with E-state index in [0.29, 0.717) is 28.5 Å². The fourth-order valence-electron chi connectivity index (χ4n) is 4.22. The van der Waals surface area contributed by atoms with E-state index in [1.807, 2.05) is 12.3 Å². The van der Waals surface area contributed by atoms with Crippen LogP contribution >= 0.6 is 0 Å². The number of ether oxygens (including phenoxy) is 1. The Kier molecular flexibility index (Phi) is 5.30. The summed E-state index contributed by atoms with van der Waals surface area (Å²) in [6.45, 7) is 0. The van der Waals surface area contributed by atoms with E-state index in [0.717, 1.165) is 32.1 Å². The van der Waals surface area contributed by atoms with Gasteiger partial charge >= 0.3 is 0 Å². The molecular formula is C22H27N7O3. The molecule has 10 nitrogen and oxygen atoms in total. The van der Waals surface area contributed by atoms with Crippen molar-refractivity contribution in [2.45, 2.75) is 50.3 Å². The third-order valence-corrected chi connectivity index (χ3v) is 6.51. The summed E-state index contributed by atoms with van der Waals surface area (Å²) in [6.07, 6.45) is 8.39. The van der Waals surface area contributed by atoms with Crippen molar-refractivity contribution in [1.29, 1.82) is 0 Å². The molecule has 0 saturated heterocycles. The van der Waals surface area contributed by atoms with Gasteiger partial charge in [0.05, 0.1) is 18.3 Å². The molecule has 3 heterocycles. The van der Waals surface area contributed by atoms with E-state index >= 15 is 0 Å². The average molecular weight is 438 g/mol. The predicted octanol–water partition coefficient (Wildman–Crippen LogP) is 2.31. The van der Waals surface area contributed by atoms with E-state index in [4.69, 9.17) is 4.74 Å². The number of carbonyl (C=O) groups excluding carboxylic acids is 1. The molecule has 2 aliphatic rings. The van der Waals surface area contributed by atoms with Crippen LogP contribution in [0.25, 0.3) is 5.65 Å². The molecule has 0 spiro atoms. The lowest BCUT2D eigenvalue weighted by atomic mass is 9.89. The number of aromatic nitrogens is 4. The highest BCUT2D eigenvalue weighted by molar-refractivity contribution is 6.00. The number of nitrogens with one attached hydrogen (secondary N) is 3. The molecule has 0 bridgehead atoms. The summed E-state index contributed by atoms with van der Waals surface area (Å²) in [4.78, 5) is 30.5. The second kappa shape index (κ2) is 8.27. The zero-order valence-electron chi connectivity index (χ0n) is 18.2. The molecule has 0 aliphatic heterocycles. The van der Waals surface area contributed by atoms with Crippen molar-refractivity contribution >= 4 is 28.9 Å². The maximum atomic E-state index is 12.9. The van der Waals surface area contributed by atoms with Crippen LogP contribution in [-0.4, -0.2) is 51.4 Å². The van der Waals surface area contributed by atoms with Crippen molar-refractivity contribution in [3.63, 3.8) is 0 Å². The number of pyridine rings is 1. The fourth-order valence-corrected chi connectivity index (χ4v) is 4.22. The SMILES string of the molecule is CNc1cc(Nc2cccn(C3CCC3)c2=O)nc2c(C(=O)N[C@@H]3CC[C@H]3OC)cnn12. The van der Waals surface area contributed by atoms with E-state index in [1.165, 1.54) is 6.20 Å². The van der Waals surface area contributed by atoms with E-state index in [1.54, 1.807) is 35.4 Å². The van der Waals surface area contributed by atoms with Crippen LogP contribution in [0.1, 0.15) is 48.5 Å². The number of carbonyl (C=O) groups is 1. The lowest BCUT2D eigenvalue weighted by Crippen LogP contribution is -2.51. The molecule has 2 fully saturated rings. The summed E-state index contributed by atoms with van der Waals surface area (Å²) in [7, 11) is 3.42. The quantitative estimate of drug-likeness (QED) is 0.520. The van der Waals surface area contributed by atoms with Gasteiger partial charge in [-0.1, -0.05) is 0 Å². The summed E-state index contributed by atoms with van der Waals surface area (Å²) in [5, 5.41) is 13.6. The largest absolute Gasteiger partial charge is 0.379 e. The molecule has 1 amide bonds. The van der Waals surface area contributed by atoms with Gasteiger partial charge in [0, 0.05) is 32.5 Å². The number of fused-ring (bicyclic) bond motifs is 1. The second-order valence-corrected chi connectivity index (χ2v) is 8.35. The first kappa shape index (κ1) is 20.5. The van der Waals surface area contributed by atoms with Crippen LogP contribution < -0.4 is 21.5 Å². The van der Waals surface area contributed by atoms with Gasteiger partial charge in [-0.2, -0.15) is 9.61 Å². The van der Waals surface area contributed by atoms with Crippen molar-refractivity contribution in [2.75, 3.05) is 24.8 Å². The van der Waals surface area contributed by atoms with Gasteiger partial charge in [0.2, 0.25) is 0 Å². The maximum absolute atomic E-state index is 12.9. The topological polar surface area (TPSA) is 115 Å². The minimum atomic E-state index is -0.245. The summed E-state index contributed by atoms with van der Waals surface area (Å²) in [5.41, 5.74) is 1.14. The Balaban J connectivity index is 1.46. The van der Waals surface area contributed by atoms with Gasteiger partial charge in [0.15, 0.2) is 5.65 Å². The van der Waals surface area contributed by atoms with E-state index in [2.05, 4.69) is 26.0 Å². The Bertz CT molecular complexity index is 1210. The first-order valence-electron chi connectivity index (χ1n) is 11.0. The van der Waals surface area contributed by atoms with Crippen LogP contribution in [0.4, 0.5) is 17.3 Å². The van der Waals surface area contributed by atoms with Crippen LogP contribution in [0.15, 0.2) is 35.4 Å². The zero-order chi connectivity index (χ0) is 22.2. The molecule has 5 rings (SSSR count). The van der Waals surface area contributed by atoms with E-state index in [-0.39, 0.29) is 29.7 Å². The zero-order valence-corrected chi connectivity index (χ0v) is 18.2. The molecule has 3 aromatic rings. The molecule has 3 aromatic heterocycles. The summed E-state index contributed by atoms with van der Waals surface area (Å²) < 4.78 is 8.73. The standard InChI is InChI=1S/C22H27N7O3/c1-23-19-11-18(25-16-7-4-10-28(22(16)31)13-5-3-6-13)27-20-14(12-24-29(19)20)21(30)26-15-8-9-17(15)32-2/h4,7,10-13,15,17,23H,3,5-6,8-9H2,1-2H3,(H,25,27)(H,26,30)/t15-,17-/m1/s1.